The van der Waals surface area contributed by atoms with Gasteiger partial charge in [0.25, 0.3) is 29.2 Å². The molecular formula is C108H79F6N13O13. The number of methoxy groups -OCH3 is 2. The van der Waals surface area contributed by atoms with E-state index in [2.05, 4.69) is 39.9 Å². The third kappa shape index (κ3) is 17.5. The number of hydrogen-bond acceptors (Lipinski definition) is 20. The van der Waals surface area contributed by atoms with Gasteiger partial charge in [-0.15, -0.1) is 0 Å². The second kappa shape index (κ2) is 38.4. The average Bonchev–Trinajstić information content (AvgIpc) is 1.60. The van der Waals surface area contributed by atoms with Crippen LogP contribution in [0.4, 0.5) is 26.3 Å². The second-order valence-electron chi connectivity index (χ2n) is 33.5. The Kier molecular flexibility index (Phi) is 25.0. The Morgan fingerprint density at radius 2 is 0.650 bits per heavy atom. The average molecular weight is 1880 g/mol. The largest absolute Gasteiger partial charge is 0.505 e. The number of hydrogen-bond donors (Lipinski definition) is 6. The molecule has 26 nitrogen and oxygen atoms in total. The van der Waals surface area contributed by atoms with Gasteiger partial charge >= 0.3 is 0 Å². The topological polar surface area (TPSA) is 344 Å². The van der Waals surface area contributed by atoms with Crippen molar-refractivity contribution in [3.8, 4) is 73.8 Å². The molecule has 6 N–H and O–H groups in total. The smallest absolute Gasteiger partial charge is 0.258 e. The third-order valence-corrected chi connectivity index (χ3v) is 25.0. The van der Waals surface area contributed by atoms with Gasteiger partial charge < -0.3 is 64.5 Å². The molecule has 0 unspecified atom stereocenters. The third-order valence-electron chi connectivity index (χ3n) is 25.0. The van der Waals surface area contributed by atoms with E-state index in [1.165, 1.54) is 84.2 Å². The fraction of sp³-hybridized carbons (Fsp3) is 0.120. The number of nitrogens with zero attached hydrogens (tertiary/aromatic N) is 12. The highest BCUT2D eigenvalue weighted by molar-refractivity contribution is 6.15. The van der Waals surface area contributed by atoms with E-state index in [1.807, 2.05) is 30.3 Å². The van der Waals surface area contributed by atoms with Crippen molar-refractivity contribution in [3.05, 3.63) is 403 Å². The molecule has 5 aliphatic heterocycles. The molecule has 10 aromatic carbocycles. The number of nitrogens with one attached hydrogen (secondary N) is 1. The number of H-pyrrole nitrogens is 1. The van der Waals surface area contributed by atoms with Crippen molar-refractivity contribution in [1.82, 2.24) is 64.4 Å². The number of aromatic nitrogens is 8. The first-order valence-electron chi connectivity index (χ1n) is 44.0. The highest BCUT2D eigenvalue weighted by atomic mass is 19.1. The number of fused-ring (bicyclic) bond motifs is 10. The highest BCUT2D eigenvalue weighted by Crippen LogP contribution is 2.50. The fourth-order valence-electron chi connectivity index (χ4n) is 18.6. The first kappa shape index (κ1) is 91.2. The van der Waals surface area contributed by atoms with Gasteiger partial charge in [-0.05, 0) is 190 Å². The summed E-state index contributed by atoms with van der Waals surface area (Å²) in [6.45, 7) is 2.84. The molecule has 0 spiro atoms. The first-order chi connectivity index (χ1) is 67.9. The second-order valence-corrected chi connectivity index (χ2v) is 33.5. The minimum atomic E-state index is -0.667. The Morgan fingerprint density at radius 1 is 0.314 bits per heavy atom. The SMILES string of the molecule is COc1c2c(c(O)c3ncccc13)CN(Cc1ccc(F)cc1)C(=O)C2.COc1ncccc1-c1c2c(c(O)c3ncccc13)C(=O)N(Cc1ccc(F)cc1)C2.O=C1c2c(c(-c3ccc[nH]c3=O)c3cccnc3c2O)CN1Cc1ccc(F)cc1.O=C1c2c(c(-c3cccnc3F)c3cccnc3c2O)CN1Cc1ccc(F)cc1.O=C1c2c(cc3cccnc3c2O)CN1Cc1ccc(F)cc1. The van der Waals surface area contributed by atoms with Gasteiger partial charge in [0.2, 0.25) is 17.7 Å². The number of halogens is 6. The zero-order chi connectivity index (χ0) is 97.4. The molecule has 23 rings (SSSR count). The Labute approximate surface area is 792 Å². The molecule has 32 heteroatoms. The highest BCUT2D eigenvalue weighted by Gasteiger charge is 2.41. The lowest BCUT2D eigenvalue weighted by molar-refractivity contribution is -0.132. The van der Waals surface area contributed by atoms with E-state index < -0.39 is 5.95 Å². The van der Waals surface area contributed by atoms with E-state index in [1.54, 1.807) is 198 Å². The van der Waals surface area contributed by atoms with Crippen molar-refractivity contribution < 1.29 is 85.3 Å². The summed E-state index contributed by atoms with van der Waals surface area (Å²) in [5.74, 6) is -3.20. The molecule has 0 radical (unpaired) electrons. The number of benzene rings is 10. The van der Waals surface area contributed by atoms with Crippen LogP contribution < -0.4 is 15.0 Å². The predicted octanol–water partition coefficient (Wildman–Crippen LogP) is 18.7. The monoisotopic (exact) mass is 1880 g/mol. The molecule has 0 saturated heterocycles. The van der Waals surface area contributed by atoms with Gasteiger partial charge in [0.1, 0.15) is 68.2 Å². The molecule has 0 aliphatic carbocycles. The molecular weight excluding hydrogens is 1800 g/mol. The van der Waals surface area contributed by atoms with E-state index in [4.69, 9.17) is 9.47 Å². The minimum absolute atomic E-state index is 0.0651. The van der Waals surface area contributed by atoms with Crippen molar-refractivity contribution in [1.29, 1.82) is 0 Å². The Morgan fingerprint density at radius 3 is 1.07 bits per heavy atom. The van der Waals surface area contributed by atoms with E-state index in [-0.39, 0.29) is 172 Å². The Balaban J connectivity index is 0.000000112. The van der Waals surface area contributed by atoms with Crippen LogP contribution in [0.1, 0.15) is 103 Å². The van der Waals surface area contributed by atoms with E-state index in [0.717, 1.165) is 49.9 Å². The van der Waals surface area contributed by atoms with Crippen LogP contribution >= 0.6 is 0 Å². The van der Waals surface area contributed by atoms with Gasteiger partial charge in [0.05, 0.1) is 49.4 Å². The number of amides is 5. The molecule has 140 heavy (non-hydrogen) atoms. The van der Waals surface area contributed by atoms with Crippen LogP contribution in [0.2, 0.25) is 0 Å². The molecule has 0 fully saturated rings. The van der Waals surface area contributed by atoms with Crippen LogP contribution in [0.3, 0.4) is 0 Å². The van der Waals surface area contributed by atoms with E-state index in [9.17, 15) is 80.6 Å². The van der Waals surface area contributed by atoms with E-state index in [0.29, 0.717) is 126 Å². The summed E-state index contributed by atoms with van der Waals surface area (Å²) in [6, 6.07) is 59.9. The van der Waals surface area contributed by atoms with Crippen LogP contribution in [0.5, 0.6) is 40.4 Å². The molecule has 8 aromatic heterocycles. The number of phenols is 5. The van der Waals surface area contributed by atoms with Gasteiger partial charge in [0, 0.05) is 180 Å². The summed E-state index contributed by atoms with van der Waals surface area (Å²) in [5.41, 5.74) is 13.4. The maximum absolute atomic E-state index is 14.6. The number of phenolic OH excluding ortho intramolecular Hbond substituents is 5. The Hall–Kier alpha value is -18.0. The predicted molar refractivity (Wildman–Crippen MR) is 507 cm³/mol. The summed E-state index contributed by atoms with van der Waals surface area (Å²) in [6.07, 6.45) is 12.5. The molecule has 0 saturated carbocycles. The molecule has 0 atom stereocenters. The molecule has 5 aliphatic rings. The van der Waals surface area contributed by atoms with Crippen LogP contribution in [0.25, 0.3) is 87.9 Å². The molecule has 5 amide bonds. The van der Waals surface area contributed by atoms with Gasteiger partial charge in [-0.25, -0.2) is 31.9 Å². The molecule has 696 valence electrons. The van der Waals surface area contributed by atoms with Crippen LogP contribution in [0.15, 0.2) is 279 Å². The normalized spacial score (nSPS) is 13.3. The van der Waals surface area contributed by atoms with Crippen LogP contribution in [0, 0.1) is 35.0 Å². The number of pyridine rings is 8. The Bertz CT molecular complexity index is 8090. The minimum Gasteiger partial charge on any atom is -0.505 e. The summed E-state index contributed by atoms with van der Waals surface area (Å²) < 4.78 is 91.4. The van der Waals surface area contributed by atoms with Crippen molar-refractivity contribution in [2.24, 2.45) is 0 Å². The standard InChI is InChI=1S/C24H18FN3O3.C23H15F2N3O2.C23H16FN3O3.C20H17FN2O3.C18H13FN2O2/c1-31-23-17(5-3-11-27-23)19-16-4-2-10-26-21(16)22(29)20-18(19)13-28(24(20)30)12-14-6-8-15(25)9-7-14;24-14-7-5-13(6-8-14)11-28-12-17-18(16-4-2-10-27-22(16)25)15-3-1-9-26-20(15)21(29)19(17)23(28)30;24-14-7-5-13(6-8-14)11-27-12-17-18(16-4-2-10-26-22(16)29)15-3-1-9-25-20(15)21(28)19(17)23(27)30;1-26-20-14-3-2-8-22-18(14)19(25)16-11-23(17(24)9-15(16)20)10-12-4-6-13(21)7-5-12;19-14-5-3-11(4-6-14)9-21-10-13-8-12-2-1-7-20-16(12)17(22)15(13)18(21)23/h2-11,29H,12-13H2,1H3;1-10,29H,11-12H2;1-10,28H,11-12H2,(H,26,29);2-8,25H,9-11H2,1H3;1-8,22H,9-10H2. The zero-order valence-electron chi connectivity index (χ0n) is 74.4. The lowest BCUT2D eigenvalue weighted by Gasteiger charge is -2.31. The fourth-order valence-corrected chi connectivity index (χ4v) is 18.6. The summed E-state index contributed by atoms with van der Waals surface area (Å²) in [5, 5.41) is 57.1. The van der Waals surface area contributed by atoms with Gasteiger partial charge in [0.15, 0.2) is 23.0 Å². The molecule has 13 heterocycles. The van der Waals surface area contributed by atoms with Crippen molar-refractivity contribution in [2.75, 3.05) is 14.2 Å². The lowest BCUT2D eigenvalue weighted by Crippen LogP contribution is -2.36. The first-order valence-corrected chi connectivity index (χ1v) is 44.0. The van der Waals surface area contributed by atoms with Gasteiger partial charge in [-0.2, -0.15) is 4.39 Å². The summed E-state index contributed by atoms with van der Waals surface area (Å²) in [4.78, 5) is 117. The van der Waals surface area contributed by atoms with Crippen LogP contribution in [-0.2, 0) is 76.7 Å². The van der Waals surface area contributed by atoms with Crippen molar-refractivity contribution in [3.63, 3.8) is 0 Å². The molecule has 0 bridgehead atoms. The van der Waals surface area contributed by atoms with E-state index >= 15 is 0 Å². The van der Waals surface area contributed by atoms with Crippen LogP contribution in [-0.4, -0.2) is 134 Å². The summed E-state index contributed by atoms with van der Waals surface area (Å²) in [7, 11) is 3.09. The van der Waals surface area contributed by atoms with Crippen molar-refractivity contribution >= 4 is 84.1 Å². The number of aromatic amines is 1. The van der Waals surface area contributed by atoms with Gasteiger partial charge in [-0.3, -0.25) is 53.7 Å². The maximum atomic E-state index is 14.6. The quantitative estimate of drug-likeness (QED) is 0.0410. The number of aromatic hydroxyl groups is 5. The number of carbonyl (C=O) groups is 5. The molecule has 18 aromatic rings. The van der Waals surface area contributed by atoms with Gasteiger partial charge in [-0.1, -0.05) is 84.9 Å². The number of ether oxygens (including phenoxy) is 2. The maximum Gasteiger partial charge on any atom is 0.258 e. The van der Waals surface area contributed by atoms with Crippen molar-refractivity contribution in [2.45, 2.75) is 71.9 Å². The number of rotatable bonds is 15. The zero-order valence-corrected chi connectivity index (χ0v) is 74.4. The summed E-state index contributed by atoms with van der Waals surface area (Å²) >= 11 is 0. The lowest BCUT2D eigenvalue weighted by atomic mass is 9.92. The number of carbonyl (C=O) groups excluding carboxylic acids is 5.